The standard InChI is InChI=1S/C15H11FO5/c1-21-13-11(3-2-4-12(13)15(19)20)8-5-9(14(17)18)7-10(16)6-8/h2-7H,1H3,(H,17,18)(H,19,20). The van der Waals surface area contributed by atoms with Crippen LogP contribution in [0, 0.1) is 5.82 Å². The highest BCUT2D eigenvalue weighted by atomic mass is 19.1. The van der Waals surface area contributed by atoms with E-state index in [-0.39, 0.29) is 22.4 Å². The molecule has 0 aliphatic carbocycles. The fraction of sp³-hybridized carbons (Fsp3) is 0.0667. The highest BCUT2D eigenvalue weighted by Gasteiger charge is 2.17. The fourth-order valence-electron chi connectivity index (χ4n) is 2.02. The SMILES string of the molecule is COc1c(C(=O)O)cccc1-c1cc(F)cc(C(=O)O)c1. The Bertz CT molecular complexity index is 724. The van der Waals surface area contributed by atoms with E-state index in [1.807, 2.05) is 0 Å². The van der Waals surface area contributed by atoms with Gasteiger partial charge in [-0.1, -0.05) is 12.1 Å². The van der Waals surface area contributed by atoms with Crippen LogP contribution in [-0.2, 0) is 0 Å². The molecule has 108 valence electrons. The Morgan fingerprint density at radius 3 is 2.38 bits per heavy atom. The monoisotopic (exact) mass is 290 g/mol. The summed E-state index contributed by atoms with van der Waals surface area (Å²) in [4.78, 5) is 22.1. The van der Waals surface area contributed by atoms with Crippen LogP contribution in [0.5, 0.6) is 5.75 Å². The molecule has 0 aromatic heterocycles. The minimum absolute atomic E-state index is 0.0481. The molecule has 2 aromatic rings. The van der Waals surface area contributed by atoms with Gasteiger partial charge < -0.3 is 14.9 Å². The Labute approximate surface area is 119 Å². The first-order valence-electron chi connectivity index (χ1n) is 5.88. The molecule has 0 amide bonds. The van der Waals surface area contributed by atoms with Crippen molar-refractivity contribution in [3.8, 4) is 16.9 Å². The number of para-hydroxylation sites is 1. The number of rotatable bonds is 4. The van der Waals surface area contributed by atoms with E-state index in [2.05, 4.69) is 0 Å². The van der Waals surface area contributed by atoms with Crippen molar-refractivity contribution in [3.05, 3.63) is 53.3 Å². The molecule has 0 saturated carbocycles. The van der Waals surface area contributed by atoms with Gasteiger partial charge in [-0.2, -0.15) is 0 Å². The van der Waals surface area contributed by atoms with Crippen molar-refractivity contribution in [1.82, 2.24) is 0 Å². The summed E-state index contributed by atoms with van der Waals surface area (Å²) in [5, 5.41) is 18.1. The van der Waals surface area contributed by atoms with Gasteiger partial charge in [0.25, 0.3) is 0 Å². The summed E-state index contributed by atoms with van der Waals surface area (Å²) in [5.41, 5.74) is 0.218. The highest BCUT2D eigenvalue weighted by Crippen LogP contribution is 2.34. The van der Waals surface area contributed by atoms with Crippen molar-refractivity contribution in [2.45, 2.75) is 0 Å². The number of carboxylic acids is 2. The fourth-order valence-corrected chi connectivity index (χ4v) is 2.02. The molecule has 0 fully saturated rings. The number of methoxy groups -OCH3 is 1. The molecule has 0 radical (unpaired) electrons. The molecule has 2 aromatic carbocycles. The second-order valence-electron chi connectivity index (χ2n) is 4.23. The van der Waals surface area contributed by atoms with Gasteiger partial charge in [0.2, 0.25) is 0 Å². The van der Waals surface area contributed by atoms with E-state index in [1.54, 1.807) is 0 Å². The summed E-state index contributed by atoms with van der Waals surface area (Å²) in [6.45, 7) is 0. The Balaban J connectivity index is 2.70. The zero-order valence-electron chi connectivity index (χ0n) is 11.0. The van der Waals surface area contributed by atoms with Gasteiger partial charge in [-0.3, -0.25) is 0 Å². The summed E-state index contributed by atoms with van der Waals surface area (Å²) in [7, 11) is 1.29. The van der Waals surface area contributed by atoms with E-state index in [9.17, 15) is 14.0 Å². The van der Waals surface area contributed by atoms with Crippen molar-refractivity contribution in [1.29, 1.82) is 0 Å². The number of halogens is 1. The van der Waals surface area contributed by atoms with Crippen LogP contribution in [0.2, 0.25) is 0 Å². The van der Waals surface area contributed by atoms with Gasteiger partial charge in [-0.15, -0.1) is 0 Å². The van der Waals surface area contributed by atoms with Crippen molar-refractivity contribution < 1.29 is 28.9 Å². The third kappa shape index (κ3) is 2.84. The predicted molar refractivity (Wildman–Crippen MR) is 72.3 cm³/mol. The first kappa shape index (κ1) is 14.5. The van der Waals surface area contributed by atoms with E-state index in [0.29, 0.717) is 5.56 Å². The van der Waals surface area contributed by atoms with Gasteiger partial charge in [-0.05, 0) is 29.8 Å². The van der Waals surface area contributed by atoms with Gasteiger partial charge in [0.15, 0.2) is 0 Å². The van der Waals surface area contributed by atoms with E-state index in [0.717, 1.165) is 12.1 Å². The van der Waals surface area contributed by atoms with E-state index in [4.69, 9.17) is 14.9 Å². The minimum Gasteiger partial charge on any atom is -0.495 e. The molecule has 0 saturated heterocycles. The molecule has 0 heterocycles. The Hall–Kier alpha value is -2.89. The van der Waals surface area contributed by atoms with Gasteiger partial charge in [0, 0.05) is 5.56 Å². The Morgan fingerprint density at radius 1 is 1.10 bits per heavy atom. The topological polar surface area (TPSA) is 83.8 Å². The second kappa shape index (κ2) is 5.62. The average molecular weight is 290 g/mol. The maximum Gasteiger partial charge on any atom is 0.339 e. The lowest BCUT2D eigenvalue weighted by Gasteiger charge is -2.12. The zero-order chi connectivity index (χ0) is 15.6. The summed E-state index contributed by atoms with van der Waals surface area (Å²) in [6.07, 6.45) is 0. The molecule has 2 rings (SSSR count). The quantitative estimate of drug-likeness (QED) is 0.904. The lowest BCUT2D eigenvalue weighted by Crippen LogP contribution is -2.02. The number of carboxylic acid groups (broad SMARTS) is 2. The molecule has 21 heavy (non-hydrogen) atoms. The van der Waals surface area contributed by atoms with Crippen LogP contribution in [0.4, 0.5) is 4.39 Å². The largest absolute Gasteiger partial charge is 0.495 e. The molecular weight excluding hydrogens is 279 g/mol. The van der Waals surface area contributed by atoms with Crippen LogP contribution < -0.4 is 4.74 Å². The minimum atomic E-state index is -1.27. The normalized spacial score (nSPS) is 10.2. The Kier molecular flexibility index (Phi) is 3.89. The first-order chi connectivity index (χ1) is 9.93. The van der Waals surface area contributed by atoms with Crippen LogP contribution in [0.25, 0.3) is 11.1 Å². The van der Waals surface area contributed by atoms with Crippen molar-refractivity contribution in [2.24, 2.45) is 0 Å². The van der Waals surface area contributed by atoms with E-state index < -0.39 is 17.8 Å². The number of carbonyl (C=O) groups is 2. The summed E-state index contributed by atoms with van der Waals surface area (Å²) in [5.74, 6) is -3.15. The van der Waals surface area contributed by atoms with Gasteiger partial charge >= 0.3 is 11.9 Å². The van der Waals surface area contributed by atoms with E-state index >= 15 is 0 Å². The molecule has 2 N–H and O–H groups in total. The van der Waals surface area contributed by atoms with Crippen LogP contribution in [-0.4, -0.2) is 29.3 Å². The van der Waals surface area contributed by atoms with E-state index in [1.165, 1.54) is 31.4 Å². The van der Waals surface area contributed by atoms with Gasteiger partial charge in [0.1, 0.15) is 17.1 Å². The zero-order valence-corrected chi connectivity index (χ0v) is 11.0. The molecule has 6 heteroatoms. The third-order valence-electron chi connectivity index (χ3n) is 2.91. The van der Waals surface area contributed by atoms with Crippen molar-refractivity contribution >= 4 is 11.9 Å². The third-order valence-corrected chi connectivity index (χ3v) is 2.91. The van der Waals surface area contributed by atoms with Crippen molar-refractivity contribution in [3.63, 3.8) is 0 Å². The highest BCUT2D eigenvalue weighted by molar-refractivity contribution is 5.95. The molecule has 0 atom stereocenters. The molecule has 5 nitrogen and oxygen atoms in total. The molecule has 0 bridgehead atoms. The molecule has 0 unspecified atom stereocenters. The summed E-state index contributed by atoms with van der Waals surface area (Å²) < 4.78 is 18.6. The Morgan fingerprint density at radius 2 is 1.81 bits per heavy atom. The lowest BCUT2D eigenvalue weighted by molar-refractivity contribution is 0.0683. The maximum absolute atomic E-state index is 13.5. The number of benzene rings is 2. The lowest BCUT2D eigenvalue weighted by atomic mass is 9.99. The number of ether oxygens (including phenoxy) is 1. The van der Waals surface area contributed by atoms with Gasteiger partial charge in [-0.25, -0.2) is 14.0 Å². The molecular formula is C15H11FO5. The number of hydrogen-bond acceptors (Lipinski definition) is 3. The van der Waals surface area contributed by atoms with Crippen LogP contribution in [0.3, 0.4) is 0 Å². The predicted octanol–water partition coefficient (Wildman–Crippen LogP) is 2.90. The molecule has 0 aliphatic rings. The van der Waals surface area contributed by atoms with Gasteiger partial charge in [0.05, 0.1) is 12.7 Å². The molecule has 0 aliphatic heterocycles. The number of aromatic carboxylic acids is 2. The average Bonchev–Trinajstić information content (AvgIpc) is 2.45. The van der Waals surface area contributed by atoms with Crippen LogP contribution >= 0.6 is 0 Å². The van der Waals surface area contributed by atoms with Crippen LogP contribution in [0.15, 0.2) is 36.4 Å². The second-order valence-corrected chi connectivity index (χ2v) is 4.23. The smallest absolute Gasteiger partial charge is 0.339 e. The first-order valence-corrected chi connectivity index (χ1v) is 5.88. The molecule has 0 spiro atoms. The maximum atomic E-state index is 13.5. The van der Waals surface area contributed by atoms with Crippen molar-refractivity contribution in [2.75, 3.05) is 7.11 Å². The van der Waals surface area contributed by atoms with Crippen LogP contribution in [0.1, 0.15) is 20.7 Å². The number of hydrogen-bond donors (Lipinski definition) is 2. The summed E-state index contributed by atoms with van der Waals surface area (Å²) in [6, 6.07) is 7.63. The summed E-state index contributed by atoms with van der Waals surface area (Å²) >= 11 is 0.